The Labute approximate surface area is 312 Å². The molecule has 0 unspecified atom stereocenters. The highest BCUT2D eigenvalue weighted by Crippen LogP contribution is 2.47. The lowest BCUT2D eigenvalue weighted by atomic mass is 9.82. The van der Waals surface area contributed by atoms with E-state index in [1.807, 2.05) is 18.2 Å². The molecule has 0 saturated heterocycles. The maximum atomic E-state index is 14.0. The number of anilines is 2. The minimum Gasteiger partial charge on any atom is -0.282 e. The topological polar surface area (TPSA) is 232 Å². The monoisotopic (exact) mass is 796 g/mol. The van der Waals surface area contributed by atoms with Crippen molar-refractivity contribution in [2.24, 2.45) is 0 Å². The molecular formula is C37H20N2O13S3. The van der Waals surface area contributed by atoms with E-state index in [9.17, 15) is 32.1 Å². The first-order valence-corrected chi connectivity index (χ1v) is 19.1. The van der Waals surface area contributed by atoms with Crippen molar-refractivity contribution in [1.29, 1.82) is 0 Å². The molecule has 0 spiro atoms. The van der Waals surface area contributed by atoms with Crippen LogP contribution in [0.5, 0.6) is 0 Å². The normalized spacial score (nSPS) is 13.6. The summed E-state index contributed by atoms with van der Waals surface area (Å²) >= 11 is 0. The van der Waals surface area contributed by atoms with Crippen molar-refractivity contribution < 1.29 is 57.4 Å². The molecular weight excluding hydrogens is 777 g/mol. The fourth-order valence-corrected chi connectivity index (χ4v) is 7.92. The van der Waals surface area contributed by atoms with E-state index in [1.54, 1.807) is 67.6 Å². The Morgan fingerprint density at radius 2 is 0.818 bits per heavy atom. The Balaban J connectivity index is 0.000000533. The molecule has 55 heavy (non-hydrogen) atoms. The van der Waals surface area contributed by atoms with E-state index in [4.69, 9.17) is 25.3 Å². The summed E-state index contributed by atoms with van der Waals surface area (Å²) in [5, 5.41) is 5.51. The summed E-state index contributed by atoms with van der Waals surface area (Å²) in [5.41, 5.74) is 2.26. The molecule has 1 N–H and O–H groups in total. The Hall–Kier alpha value is -6.73. The summed E-state index contributed by atoms with van der Waals surface area (Å²) in [4.78, 5) is 57.4. The van der Waals surface area contributed by atoms with Gasteiger partial charge in [0.1, 0.15) is 0 Å². The zero-order valence-electron chi connectivity index (χ0n) is 27.7. The van der Waals surface area contributed by atoms with Gasteiger partial charge in [-0.1, -0.05) is 42.5 Å². The Bertz CT molecular complexity index is 3080. The minimum atomic E-state index is -4.60. The Morgan fingerprint density at radius 1 is 0.473 bits per heavy atom. The van der Waals surface area contributed by atoms with Gasteiger partial charge in [0.2, 0.25) is 0 Å². The van der Waals surface area contributed by atoms with Crippen molar-refractivity contribution in [3.05, 3.63) is 125 Å². The van der Waals surface area contributed by atoms with E-state index < -0.39 is 59.9 Å². The summed E-state index contributed by atoms with van der Waals surface area (Å²) in [6, 6.07) is 26.7. The summed E-state index contributed by atoms with van der Waals surface area (Å²) in [7, 11) is -10.8. The zero-order chi connectivity index (χ0) is 39.7. The Morgan fingerprint density at radius 3 is 1.16 bits per heavy atom. The molecule has 0 bridgehead atoms. The molecule has 7 aromatic carbocycles. The quantitative estimate of drug-likeness (QED) is 0.109. The number of rotatable bonds is 3. The van der Waals surface area contributed by atoms with Gasteiger partial charge in [-0.25, -0.2) is 9.80 Å². The van der Waals surface area contributed by atoms with Gasteiger partial charge in [-0.2, -0.15) is 8.42 Å². The van der Waals surface area contributed by atoms with Crippen molar-refractivity contribution in [2.45, 2.75) is 11.8 Å². The van der Waals surface area contributed by atoms with Gasteiger partial charge in [-0.3, -0.25) is 23.7 Å². The van der Waals surface area contributed by atoms with Crippen LogP contribution < -0.4 is 9.80 Å². The highest BCUT2D eigenvalue weighted by molar-refractivity contribution is 7.85. The highest BCUT2D eigenvalue weighted by atomic mass is 32.2. The summed E-state index contributed by atoms with van der Waals surface area (Å²) in [5.74, 6) is -2.10. The molecule has 7 aromatic rings. The van der Waals surface area contributed by atoms with Crippen LogP contribution in [-0.4, -0.2) is 61.9 Å². The molecule has 9 rings (SSSR count). The maximum absolute atomic E-state index is 14.0. The summed E-state index contributed by atoms with van der Waals surface area (Å²) in [6.07, 6.45) is 0. The minimum absolute atomic E-state index is 0.0233. The van der Waals surface area contributed by atoms with Gasteiger partial charge < -0.3 is 0 Å². The third-order valence-electron chi connectivity index (χ3n) is 9.24. The lowest BCUT2D eigenvalue weighted by molar-refractivity contribution is 0.0877. The van der Waals surface area contributed by atoms with Gasteiger partial charge in [-0.15, -0.1) is 25.3 Å². The van der Waals surface area contributed by atoms with E-state index in [2.05, 4.69) is 0 Å². The second-order valence-corrected chi connectivity index (χ2v) is 14.5. The van der Waals surface area contributed by atoms with Crippen LogP contribution in [0.2, 0.25) is 0 Å². The van der Waals surface area contributed by atoms with E-state index in [1.165, 1.54) is 17.0 Å². The first kappa shape index (κ1) is 36.6. The maximum Gasteiger partial charge on any atom is 0.425 e. The standard InChI is InChI=1S/C37H20N2O7S.2O3S/c1-18-15-20(17-21(16-18)47(44,45)46)39-36(42)28-13-9-24-22-7-11-26-32-27(35(41)38(34(26)40)19-5-3-2-4-6-19)12-8-23(30(22)32)25-10-14-29(37(39)43)33(28)31(24)25;2*1-4(2)3/h2-17H,1H3,(H,44,45,46);;. The van der Waals surface area contributed by atoms with Crippen LogP contribution in [0.15, 0.2) is 102 Å². The number of aryl methyl sites for hydroxylation is 1. The number of para-hydroxylation sites is 1. The van der Waals surface area contributed by atoms with Gasteiger partial charge in [0.15, 0.2) is 0 Å². The number of benzene rings is 7. The van der Waals surface area contributed by atoms with Crippen molar-refractivity contribution in [2.75, 3.05) is 9.80 Å². The molecule has 0 aliphatic carbocycles. The molecule has 0 atom stereocenters. The SMILES string of the molecule is Cc1cc(N2C(=O)c3ccc4c5ccc6c7c(ccc(c8ccc(c3c48)C2=O)c75)C(=O)N(c2ccccc2)C6=O)cc(S(=O)(=O)O)c1.O=S(=O)=O.O=S(=O)=O. The Kier molecular flexibility index (Phi) is 8.85. The van der Waals surface area contributed by atoms with Gasteiger partial charge in [0.25, 0.3) is 33.7 Å². The number of fused-ring (bicyclic) bond motifs is 2. The van der Waals surface area contributed by atoms with E-state index in [0.717, 1.165) is 37.9 Å². The molecule has 274 valence electrons. The van der Waals surface area contributed by atoms with Crippen LogP contribution in [-0.2, 0) is 31.3 Å². The lowest BCUT2D eigenvalue weighted by Gasteiger charge is -2.30. The van der Waals surface area contributed by atoms with E-state index in [0.29, 0.717) is 38.5 Å². The number of carbonyl (C=O) groups is 4. The average molecular weight is 797 g/mol. The third kappa shape index (κ3) is 5.98. The second-order valence-electron chi connectivity index (χ2n) is 12.3. The number of carbonyl (C=O) groups excluding carboxylic acids is 4. The fourth-order valence-electron chi connectivity index (χ4n) is 7.32. The number of hydrogen-bond acceptors (Lipinski definition) is 12. The van der Waals surface area contributed by atoms with Crippen molar-refractivity contribution in [1.82, 2.24) is 0 Å². The summed E-state index contributed by atoms with van der Waals surface area (Å²) in [6.45, 7) is 1.60. The molecule has 4 amide bonds. The van der Waals surface area contributed by atoms with Crippen molar-refractivity contribution in [3.63, 3.8) is 0 Å². The predicted molar refractivity (Wildman–Crippen MR) is 197 cm³/mol. The van der Waals surface area contributed by atoms with Gasteiger partial charge in [0, 0.05) is 33.0 Å². The summed E-state index contributed by atoms with van der Waals surface area (Å²) < 4.78 is 84.2. The van der Waals surface area contributed by atoms with Crippen LogP contribution >= 0.6 is 0 Å². The van der Waals surface area contributed by atoms with Gasteiger partial charge in [0.05, 0.1) is 16.3 Å². The van der Waals surface area contributed by atoms with Crippen molar-refractivity contribution >= 4 is 109 Å². The zero-order valence-corrected chi connectivity index (χ0v) is 30.2. The fraction of sp³-hybridized carbons (Fsp3) is 0.0270. The number of amides is 4. The third-order valence-corrected chi connectivity index (χ3v) is 10.1. The molecule has 2 heterocycles. The molecule has 15 nitrogen and oxygen atoms in total. The van der Waals surface area contributed by atoms with Crippen molar-refractivity contribution in [3.8, 4) is 0 Å². The van der Waals surface area contributed by atoms with Gasteiger partial charge >= 0.3 is 21.2 Å². The molecule has 0 aromatic heterocycles. The number of hydrogen-bond donors (Lipinski definition) is 1. The predicted octanol–water partition coefficient (Wildman–Crippen LogP) is 4.89. The molecule has 18 heteroatoms. The molecule has 2 aliphatic heterocycles. The molecule has 0 fully saturated rings. The largest absolute Gasteiger partial charge is 0.425 e. The average Bonchev–Trinajstić information content (AvgIpc) is 3.12. The molecule has 0 saturated carbocycles. The molecule has 0 radical (unpaired) electrons. The van der Waals surface area contributed by atoms with Crippen LogP contribution in [0, 0.1) is 6.92 Å². The smallest absolute Gasteiger partial charge is 0.282 e. The van der Waals surface area contributed by atoms with Crippen LogP contribution in [0.25, 0.3) is 43.1 Å². The highest BCUT2D eigenvalue weighted by Gasteiger charge is 2.38. The van der Waals surface area contributed by atoms with Crippen LogP contribution in [0.4, 0.5) is 11.4 Å². The first-order chi connectivity index (χ1) is 26.0. The second kappa shape index (κ2) is 13.3. The van der Waals surface area contributed by atoms with E-state index in [-0.39, 0.29) is 16.8 Å². The van der Waals surface area contributed by atoms with E-state index >= 15 is 0 Å². The van der Waals surface area contributed by atoms with Gasteiger partial charge in [-0.05, 0) is 99.4 Å². The first-order valence-electron chi connectivity index (χ1n) is 15.7. The lowest BCUT2D eigenvalue weighted by Crippen LogP contribution is -2.40. The van der Waals surface area contributed by atoms with Crippen LogP contribution in [0.3, 0.4) is 0 Å². The molecule has 2 aliphatic rings. The number of nitrogens with zero attached hydrogens (tertiary/aromatic N) is 2. The number of imide groups is 2. The van der Waals surface area contributed by atoms with Crippen LogP contribution in [0.1, 0.15) is 47.0 Å².